The summed E-state index contributed by atoms with van der Waals surface area (Å²) < 4.78 is 5.30. The van der Waals surface area contributed by atoms with Crippen LogP contribution in [0.15, 0.2) is 23.8 Å². The summed E-state index contributed by atoms with van der Waals surface area (Å²) in [5, 5.41) is 10.1. The van der Waals surface area contributed by atoms with E-state index in [1.54, 1.807) is 7.11 Å². The molecule has 0 bridgehead atoms. The number of carboxylic acid groups (broad SMARTS) is 1. The van der Waals surface area contributed by atoms with Gasteiger partial charge in [0.15, 0.2) is 0 Å². The highest BCUT2D eigenvalue weighted by atomic mass is 16.5. The maximum atomic E-state index is 12.3. The van der Waals surface area contributed by atoms with Gasteiger partial charge < -0.3 is 9.84 Å². The molecule has 0 saturated carbocycles. The number of allylic oxidation sites excluding steroid dienone is 3. The molecule has 3 heteroatoms. The number of carbonyl (C=O) groups is 1. The second kappa shape index (κ2) is 12.3. The molecule has 25 heavy (non-hydrogen) atoms. The quantitative estimate of drug-likeness (QED) is 0.382. The minimum Gasteiger partial charge on any atom is -0.481 e. The number of carboxylic acids is 1. The first-order valence-corrected chi connectivity index (χ1v) is 10.2. The number of aliphatic carboxylic acids is 1. The Morgan fingerprint density at radius 3 is 2.44 bits per heavy atom. The molecule has 0 aromatic carbocycles. The summed E-state index contributed by atoms with van der Waals surface area (Å²) in [6.07, 6.45) is 18.0. The van der Waals surface area contributed by atoms with E-state index in [0.29, 0.717) is 6.61 Å². The maximum absolute atomic E-state index is 12.3. The molecule has 1 aliphatic rings. The van der Waals surface area contributed by atoms with Crippen LogP contribution in [-0.4, -0.2) is 24.8 Å². The van der Waals surface area contributed by atoms with Crippen LogP contribution in [0.2, 0.25) is 0 Å². The van der Waals surface area contributed by atoms with Crippen LogP contribution in [0.1, 0.15) is 84.5 Å². The Hall–Kier alpha value is -1.09. The zero-order valence-corrected chi connectivity index (χ0v) is 16.6. The molecule has 0 spiro atoms. The molecule has 0 fully saturated rings. The predicted molar refractivity (Wildman–Crippen MR) is 105 cm³/mol. The highest BCUT2D eigenvalue weighted by molar-refractivity contribution is 5.79. The molecule has 144 valence electrons. The van der Waals surface area contributed by atoms with Crippen LogP contribution in [0.25, 0.3) is 0 Å². The average molecular weight is 351 g/mol. The van der Waals surface area contributed by atoms with E-state index in [1.165, 1.54) is 31.3 Å². The van der Waals surface area contributed by atoms with Crippen LogP contribution in [0.5, 0.6) is 0 Å². The van der Waals surface area contributed by atoms with E-state index in [2.05, 4.69) is 19.9 Å². The van der Waals surface area contributed by atoms with Crippen LogP contribution in [0.3, 0.4) is 0 Å². The number of rotatable bonds is 14. The topological polar surface area (TPSA) is 46.5 Å². The largest absolute Gasteiger partial charge is 0.481 e. The first-order valence-electron chi connectivity index (χ1n) is 10.2. The van der Waals surface area contributed by atoms with E-state index < -0.39 is 11.4 Å². The van der Waals surface area contributed by atoms with Crippen molar-refractivity contribution in [1.82, 2.24) is 0 Å². The Labute approximate surface area is 154 Å². The molecule has 2 atom stereocenters. The number of ether oxygens (including phenoxy) is 1. The minimum absolute atomic E-state index is 0.0668. The fraction of sp³-hybridized carbons (Fsp3) is 0.773. The normalized spacial score (nSPS) is 22.8. The lowest BCUT2D eigenvalue weighted by molar-refractivity contribution is -0.149. The summed E-state index contributed by atoms with van der Waals surface area (Å²) in [5.41, 5.74) is 0.552. The van der Waals surface area contributed by atoms with Crippen molar-refractivity contribution >= 4 is 5.97 Å². The van der Waals surface area contributed by atoms with Crippen molar-refractivity contribution in [2.75, 3.05) is 13.7 Å². The highest BCUT2D eigenvalue weighted by Crippen LogP contribution is 2.45. The van der Waals surface area contributed by atoms with E-state index in [-0.39, 0.29) is 5.92 Å². The highest BCUT2D eigenvalue weighted by Gasteiger charge is 2.45. The van der Waals surface area contributed by atoms with Crippen LogP contribution < -0.4 is 0 Å². The Morgan fingerprint density at radius 2 is 1.80 bits per heavy atom. The SMILES string of the molecule is CCCCCCCCC1(C(=O)O)C=CC=C(CCCC)C1CCOC. The molecule has 2 unspecified atom stereocenters. The van der Waals surface area contributed by atoms with Gasteiger partial charge in [0.05, 0.1) is 5.41 Å². The minimum atomic E-state index is -0.749. The third kappa shape index (κ3) is 6.62. The zero-order chi connectivity index (χ0) is 18.5. The number of methoxy groups -OCH3 is 1. The van der Waals surface area contributed by atoms with Crippen molar-refractivity contribution in [1.29, 1.82) is 0 Å². The Morgan fingerprint density at radius 1 is 1.12 bits per heavy atom. The van der Waals surface area contributed by atoms with Gasteiger partial charge in [0.25, 0.3) is 0 Å². The van der Waals surface area contributed by atoms with E-state index in [4.69, 9.17) is 4.74 Å². The summed E-state index contributed by atoms with van der Waals surface area (Å²) in [7, 11) is 1.70. The molecule has 0 amide bonds. The van der Waals surface area contributed by atoms with Crippen molar-refractivity contribution in [2.24, 2.45) is 11.3 Å². The summed E-state index contributed by atoms with van der Waals surface area (Å²) >= 11 is 0. The Kier molecular flexibility index (Phi) is 10.8. The van der Waals surface area contributed by atoms with Gasteiger partial charge in [-0.3, -0.25) is 4.79 Å². The van der Waals surface area contributed by atoms with E-state index in [1.807, 2.05) is 12.2 Å². The Balaban J connectivity index is 2.82. The van der Waals surface area contributed by atoms with Crippen molar-refractivity contribution in [3.63, 3.8) is 0 Å². The van der Waals surface area contributed by atoms with Gasteiger partial charge in [-0.15, -0.1) is 0 Å². The number of unbranched alkanes of at least 4 members (excludes halogenated alkanes) is 6. The standard InChI is InChI=1S/C22H38O3/c1-4-6-8-9-10-11-16-22(21(23)24)17-12-14-19(13-7-5-2)20(22)15-18-25-3/h12,14,17,20H,4-11,13,15-16,18H2,1-3H3,(H,23,24). The summed E-state index contributed by atoms with van der Waals surface area (Å²) in [4.78, 5) is 12.3. The molecule has 0 aliphatic heterocycles. The fourth-order valence-corrected chi connectivity index (χ4v) is 4.01. The van der Waals surface area contributed by atoms with Crippen molar-refractivity contribution in [3.8, 4) is 0 Å². The second-order valence-corrected chi connectivity index (χ2v) is 7.40. The molecule has 1 rings (SSSR count). The Bertz CT molecular complexity index is 439. The molecule has 0 heterocycles. The van der Waals surface area contributed by atoms with Crippen molar-refractivity contribution in [3.05, 3.63) is 23.8 Å². The monoisotopic (exact) mass is 350 g/mol. The zero-order valence-electron chi connectivity index (χ0n) is 16.6. The first kappa shape index (κ1) is 22.0. The van der Waals surface area contributed by atoms with Crippen LogP contribution in [-0.2, 0) is 9.53 Å². The van der Waals surface area contributed by atoms with Gasteiger partial charge in [0, 0.05) is 19.6 Å². The lowest BCUT2D eigenvalue weighted by Crippen LogP contribution is -2.40. The lowest BCUT2D eigenvalue weighted by atomic mass is 9.64. The van der Waals surface area contributed by atoms with E-state index in [9.17, 15) is 9.90 Å². The lowest BCUT2D eigenvalue weighted by Gasteiger charge is -2.39. The number of hydrogen-bond donors (Lipinski definition) is 1. The van der Waals surface area contributed by atoms with Crippen LogP contribution in [0, 0.1) is 11.3 Å². The molecule has 0 saturated heterocycles. The van der Waals surface area contributed by atoms with Gasteiger partial charge in [0.1, 0.15) is 0 Å². The second-order valence-electron chi connectivity index (χ2n) is 7.40. The van der Waals surface area contributed by atoms with Crippen molar-refractivity contribution in [2.45, 2.75) is 84.5 Å². The maximum Gasteiger partial charge on any atom is 0.314 e. The smallest absolute Gasteiger partial charge is 0.314 e. The molecule has 0 radical (unpaired) electrons. The molecule has 0 aromatic rings. The summed E-state index contributed by atoms with van der Waals surface area (Å²) in [5.74, 6) is -0.599. The van der Waals surface area contributed by atoms with E-state index >= 15 is 0 Å². The van der Waals surface area contributed by atoms with Crippen LogP contribution >= 0.6 is 0 Å². The molecular weight excluding hydrogens is 312 g/mol. The first-order chi connectivity index (χ1) is 12.1. The summed E-state index contributed by atoms with van der Waals surface area (Å²) in [6.45, 7) is 5.02. The molecule has 1 aliphatic carbocycles. The summed E-state index contributed by atoms with van der Waals surface area (Å²) in [6, 6.07) is 0. The van der Waals surface area contributed by atoms with Gasteiger partial charge >= 0.3 is 5.97 Å². The van der Waals surface area contributed by atoms with Gasteiger partial charge in [-0.25, -0.2) is 0 Å². The molecule has 0 aromatic heterocycles. The third-order valence-electron chi connectivity index (χ3n) is 5.55. The molecule has 1 N–H and O–H groups in total. The molecular formula is C22H38O3. The third-order valence-corrected chi connectivity index (χ3v) is 5.55. The number of hydrogen-bond acceptors (Lipinski definition) is 2. The van der Waals surface area contributed by atoms with Crippen molar-refractivity contribution < 1.29 is 14.6 Å². The van der Waals surface area contributed by atoms with Gasteiger partial charge in [-0.05, 0) is 25.7 Å². The van der Waals surface area contributed by atoms with Gasteiger partial charge in [-0.1, -0.05) is 82.6 Å². The fourth-order valence-electron chi connectivity index (χ4n) is 4.01. The average Bonchev–Trinajstić information content (AvgIpc) is 2.61. The predicted octanol–water partition coefficient (Wildman–Crippen LogP) is 6.15. The molecule has 3 nitrogen and oxygen atoms in total. The van der Waals surface area contributed by atoms with Crippen LogP contribution in [0.4, 0.5) is 0 Å². The van der Waals surface area contributed by atoms with Gasteiger partial charge in [0.2, 0.25) is 0 Å². The van der Waals surface area contributed by atoms with Gasteiger partial charge in [-0.2, -0.15) is 0 Å². The van der Waals surface area contributed by atoms with E-state index in [0.717, 1.165) is 44.9 Å².